The van der Waals surface area contributed by atoms with Crippen LogP contribution in [0.15, 0.2) is 18.2 Å². The van der Waals surface area contributed by atoms with E-state index >= 15 is 0 Å². The highest BCUT2D eigenvalue weighted by molar-refractivity contribution is 5.90. The van der Waals surface area contributed by atoms with Crippen LogP contribution in [0.4, 0.5) is 13.2 Å². The molecule has 0 fully saturated rings. The molecule has 18 heavy (non-hydrogen) atoms. The van der Waals surface area contributed by atoms with Gasteiger partial charge in [-0.3, -0.25) is 0 Å². The van der Waals surface area contributed by atoms with Gasteiger partial charge < -0.3 is 14.2 Å². The van der Waals surface area contributed by atoms with Crippen LogP contribution in [-0.4, -0.2) is 26.0 Å². The summed E-state index contributed by atoms with van der Waals surface area (Å²) in [5.74, 6) is -1.34. The van der Waals surface area contributed by atoms with Crippen LogP contribution in [0, 0.1) is 0 Å². The molecule has 100 valence electrons. The molecule has 7 heteroatoms. The summed E-state index contributed by atoms with van der Waals surface area (Å²) < 4.78 is 49.6. The average Bonchev–Trinajstić information content (AvgIpc) is 2.29. The van der Waals surface area contributed by atoms with Crippen molar-refractivity contribution in [2.24, 2.45) is 0 Å². The van der Waals surface area contributed by atoms with Crippen molar-refractivity contribution in [1.29, 1.82) is 0 Å². The third-order valence-corrected chi connectivity index (χ3v) is 1.89. The molecule has 1 aromatic carbocycles. The molecular weight excluding hydrogens is 253 g/mol. The summed E-state index contributed by atoms with van der Waals surface area (Å²) in [5.41, 5.74) is 0.0791. The molecule has 0 saturated carbocycles. The van der Waals surface area contributed by atoms with Gasteiger partial charge in [-0.25, -0.2) is 4.79 Å². The monoisotopic (exact) mass is 264 g/mol. The first kappa shape index (κ1) is 14.1. The largest absolute Gasteiger partial charge is 0.573 e. The first-order valence-electron chi connectivity index (χ1n) is 4.98. The summed E-state index contributed by atoms with van der Waals surface area (Å²) in [6.07, 6.45) is -4.82. The van der Waals surface area contributed by atoms with E-state index in [2.05, 4.69) is 9.47 Å². The standard InChI is InChI=1S/C11H11F3O4/c1-3-17-9-6-7(10(15)16-2)4-5-8(9)18-11(12,13)14/h4-6H,3H2,1-2H3. The quantitative estimate of drug-likeness (QED) is 0.784. The number of alkyl halides is 3. The van der Waals surface area contributed by atoms with Gasteiger partial charge in [0.1, 0.15) is 0 Å². The number of carbonyl (C=O) groups excluding carboxylic acids is 1. The van der Waals surface area contributed by atoms with E-state index in [1.807, 2.05) is 0 Å². The molecule has 4 nitrogen and oxygen atoms in total. The zero-order valence-electron chi connectivity index (χ0n) is 9.71. The molecule has 0 unspecified atom stereocenters. The van der Waals surface area contributed by atoms with E-state index in [1.54, 1.807) is 6.92 Å². The van der Waals surface area contributed by atoms with Crippen LogP contribution in [0.25, 0.3) is 0 Å². The molecule has 1 aromatic rings. The molecule has 0 aliphatic heterocycles. The summed E-state index contributed by atoms with van der Waals surface area (Å²) in [5, 5.41) is 0. The first-order chi connectivity index (χ1) is 8.37. The van der Waals surface area contributed by atoms with Crippen molar-refractivity contribution in [1.82, 2.24) is 0 Å². The Labute approximate surface area is 101 Å². The fourth-order valence-electron chi connectivity index (χ4n) is 1.23. The Bertz CT molecular complexity index is 429. The Balaban J connectivity index is 3.08. The molecule has 0 heterocycles. The molecule has 0 N–H and O–H groups in total. The Hall–Kier alpha value is -1.92. The number of hydrogen-bond donors (Lipinski definition) is 0. The number of methoxy groups -OCH3 is 1. The van der Waals surface area contributed by atoms with Crippen molar-refractivity contribution in [3.05, 3.63) is 23.8 Å². The molecule has 0 aliphatic carbocycles. The Morgan fingerprint density at radius 2 is 1.94 bits per heavy atom. The van der Waals surface area contributed by atoms with Gasteiger partial charge in [-0.1, -0.05) is 0 Å². The smallest absolute Gasteiger partial charge is 0.490 e. The van der Waals surface area contributed by atoms with Gasteiger partial charge in [-0.2, -0.15) is 0 Å². The molecule has 1 rings (SSSR count). The average molecular weight is 264 g/mol. The highest BCUT2D eigenvalue weighted by atomic mass is 19.4. The molecule has 0 radical (unpaired) electrons. The summed E-state index contributed by atoms with van der Waals surface area (Å²) >= 11 is 0. The maximum absolute atomic E-state index is 12.1. The number of halogens is 3. The molecule has 0 saturated heterocycles. The predicted octanol–water partition coefficient (Wildman–Crippen LogP) is 2.77. The van der Waals surface area contributed by atoms with E-state index in [1.165, 1.54) is 7.11 Å². The van der Waals surface area contributed by atoms with Crippen LogP contribution in [0.1, 0.15) is 17.3 Å². The van der Waals surface area contributed by atoms with Gasteiger partial charge in [0, 0.05) is 0 Å². The van der Waals surface area contributed by atoms with Crippen molar-refractivity contribution in [3.8, 4) is 11.5 Å². The SMILES string of the molecule is CCOc1cc(C(=O)OC)ccc1OC(F)(F)F. The molecule has 0 aromatic heterocycles. The minimum absolute atomic E-state index is 0.0791. The fourth-order valence-corrected chi connectivity index (χ4v) is 1.23. The van der Waals surface area contributed by atoms with Crippen molar-refractivity contribution < 1.29 is 32.2 Å². The molecule has 0 atom stereocenters. The van der Waals surface area contributed by atoms with Gasteiger partial charge in [-0.05, 0) is 25.1 Å². The number of hydrogen-bond acceptors (Lipinski definition) is 4. The maximum atomic E-state index is 12.1. The third-order valence-electron chi connectivity index (χ3n) is 1.89. The van der Waals surface area contributed by atoms with E-state index in [-0.39, 0.29) is 17.9 Å². The summed E-state index contributed by atoms with van der Waals surface area (Å²) in [6.45, 7) is 1.74. The number of rotatable bonds is 4. The molecule has 0 spiro atoms. The zero-order chi connectivity index (χ0) is 13.8. The topological polar surface area (TPSA) is 44.8 Å². The summed E-state index contributed by atoms with van der Waals surface area (Å²) in [7, 11) is 1.17. The lowest BCUT2D eigenvalue weighted by Gasteiger charge is -2.14. The van der Waals surface area contributed by atoms with Gasteiger partial charge in [0.2, 0.25) is 0 Å². The normalized spacial score (nSPS) is 10.9. The second-order valence-electron chi connectivity index (χ2n) is 3.13. The summed E-state index contributed by atoms with van der Waals surface area (Å²) in [4.78, 5) is 11.2. The number of carbonyl (C=O) groups is 1. The number of esters is 1. The molecule has 0 bridgehead atoms. The predicted molar refractivity (Wildman–Crippen MR) is 55.6 cm³/mol. The van der Waals surface area contributed by atoms with Crippen molar-refractivity contribution in [2.45, 2.75) is 13.3 Å². The van der Waals surface area contributed by atoms with Gasteiger partial charge in [-0.15, -0.1) is 13.2 Å². The Morgan fingerprint density at radius 3 is 2.44 bits per heavy atom. The van der Waals surface area contributed by atoms with E-state index in [0.29, 0.717) is 0 Å². The second kappa shape index (κ2) is 5.61. The molecule has 0 amide bonds. The Kier molecular flexibility index (Phi) is 4.41. The fraction of sp³-hybridized carbons (Fsp3) is 0.364. The molecule has 0 aliphatic rings. The summed E-state index contributed by atoms with van der Waals surface area (Å²) in [6, 6.07) is 3.30. The van der Waals surface area contributed by atoms with E-state index in [9.17, 15) is 18.0 Å². The van der Waals surface area contributed by atoms with Crippen LogP contribution >= 0.6 is 0 Å². The third kappa shape index (κ3) is 3.83. The highest BCUT2D eigenvalue weighted by Crippen LogP contribution is 2.33. The van der Waals surface area contributed by atoms with Crippen LogP contribution in [0.3, 0.4) is 0 Å². The zero-order valence-corrected chi connectivity index (χ0v) is 9.71. The van der Waals surface area contributed by atoms with Gasteiger partial charge in [0.05, 0.1) is 19.3 Å². The lowest BCUT2D eigenvalue weighted by Crippen LogP contribution is -2.18. The number of ether oxygens (including phenoxy) is 3. The van der Waals surface area contributed by atoms with Crippen molar-refractivity contribution >= 4 is 5.97 Å². The van der Waals surface area contributed by atoms with Crippen LogP contribution in [-0.2, 0) is 4.74 Å². The van der Waals surface area contributed by atoms with Crippen LogP contribution in [0.2, 0.25) is 0 Å². The van der Waals surface area contributed by atoms with E-state index < -0.39 is 18.1 Å². The van der Waals surface area contributed by atoms with Crippen molar-refractivity contribution in [3.63, 3.8) is 0 Å². The highest BCUT2D eigenvalue weighted by Gasteiger charge is 2.32. The van der Waals surface area contributed by atoms with Gasteiger partial charge in [0.15, 0.2) is 11.5 Å². The van der Waals surface area contributed by atoms with Gasteiger partial charge >= 0.3 is 12.3 Å². The Morgan fingerprint density at radius 1 is 1.28 bits per heavy atom. The molecular formula is C11H11F3O4. The maximum Gasteiger partial charge on any atom is 0.573 e. The van der Waals surface area contributed by atoms with E-state index in [0.717, 1.165) is 18.2 Å². The van der Waals surface area contributed by atoms with Gasteiger partial charge in [0.25, 0.3) is 0 Å². The van der Waals surface area contributed by atoms with Crippen LogP contribution < -0.4 is 9.47 Å². The lowest BCUT2D eigenvalue weighted by atomic mass is 10.2. The second-order valence-corrected chi connectivity index (χ2v) is 3.13. The minimum atomic E-state index is -4.82. The van der Waals surface area contributed by atoms with Crippen LogP contribution in [0.5, 0.6) is 11.5 Å². The first-order valence-corrected chi connectivity index (χ1v) is 4.98. The minimum Gasteiger partial charge on any atom is -0.490 e. The number of benzene rings is 1. The lowest BCUT2D eigenvalue weighted by molar-refractivity contribution is -0.275. The van der Waals surface area contributed by atoms with E-state index in [4.69, 9.17) is 4.74 Å². The van der Waals surface area contributed by atoms with Crippen molar-refractivity contribution in [2.75, 3.05) is 13.7 Å².